The number of carbonyl (C=O) groups excluding carboxylic acids is 1. The molecule has 0 saturated carbocycles. The molecule has 8 nitrogen and oxygen atoms in total. The first-order chi connectivity index (χ1) is 9.49. The zero-order valence-electron chi connectivity index (χ0n) is 10.4. The standard InChI is InChI=1S/C12H12N2O6/c1-6(15)10(12(17)18)13-11(16)7-5-9(20-14-7)8-3-2-4-19-8/h2-6,10,15H,1H3,(H,13,16)(H,17,18)/t6-,10+/m1/s1. The molecule has 0 aromatic carbocycles. The van der Waals surface area contributed by atoms with Crippen LogP contribution in [0.25, 0.3) is 11.5 Å². The lowest BCUT2D eigenvalue weighted by Crippen LogP contribution is -2.47. The number of carboxylic acids is 1. The van der Waals surface area contributed by atoms with Gasteiger partial charge in [-0.05, 0) is 19.1 Å². The van der Waals surface area contributed by atoms with Gasteiger partial charge in [0, 0.05) is 6.07 Å². The number of aromatic nitrogens is 1. The second-order valence-corrected chi connectivity index (χ2v) is 4.08. The van der Waals surface area contributed by atoms with E-state index in [4.69, 9.17) is 14.0 Å². The Morgan fingerprint density at radius 2 is 2.15 bits per heavy atom. The number of hydrogen-bond acceptors (Lipinski definition) is 6. The maximum absolute atomic E-state index is 11.8. The van der Waals surface area contributed by atoms with Gasteiger partial charge in [-0.15, -0.1) is 0 Å². The first-order valence-corrected chi connectivity index (χ1v) is 5.71. The van der Waals surface area contributed by atoms with Crippen molar-refractivity contribution < 1.29 is 28.7 Å². The molecule has 3 N–H and O–H groups in total. The fourth-order valence-electron chi connectivity index (χ4n) is 1.52. The van der Waals surface area contributed by atoms with E-state index in [0.29, 0.717) is 5.76 Å². The van der Waals surface area contributed by atoms with Gasteiger partial charge in [-0.2, -0.15) is 0 Å². The van der Waals surface area contributed by atoms with Crippen molar-refractivity contribution in [3.8, 4) is 11.5 Å². The van der Waals surface area contributed by atoms with Crippen molar-refractivity contribution in [1.29, 1.82) is 0 Å². The maximum atomic E-state index is 11.8. The summed E-state index contributed by atoms with van der Waals surface area (Å²) in [5.41, 5.74) is -0.108. The molecule has 0 unspecified atom stereocenters. The Morgan fingerprint density at radius 1 is 1.40 bits per heavy atom. The normalized spacial score (nSPS) is 13.7. The molecule has 0 saturated heterocycles. The molecular weight excluding hydrogens is 268 g/mol. The lowest BCUT2D eigenvalue weighted by Gasteiger charge is -2.15. The average molecular weight is 280 g/mol. The number of carbonyl (C=O) groups is 2. The SMILES string of the molecule is C[C@@H](O)[C@H](NC(=O)c1cc(-c2ccco2)on1)C(=O)O. The minimum atomic E-state index is -1.42. The van der Waals surface area contributed by atoms with E-state index < -0.39 is 24.0 Å². The fourth-order valence-corrected chi connectivity index (χ4v) is 1.52. The van der Waals surface area contributed by atoms with E-state index in [1.54, 1.807) is 12.1 Å². The molecule has 2 aromatic heterocycles. The maximum Gasteiger partial charge on any atom is 0.328 e. The first-order valence-electron chi connectivity index (χ1n) is 5.71. The highest BCUT2D eigenvalue weighted by atomic mass is 16.5. The van der Waals surface area contributed by atoms with Crippen LogP contribution in [0.1, 0.15) is 17.4 Å². The summed E-state index contributed by atoms with van der Waals surface area (Å²) < 4.78 is 9.99. The van der Waals surface area contributed by atoms with Crippen molar-refractivity contribution in [1.82, 2.24) is 10.5 Å². The summed E-state index contributed by atoms with van der Waals surface area (Å²) in [6.45, 7) is 1.26. The van der Waals surface area contributed by atoms with Crippen LogP contribution in [-0.4, -0.2) is 39.4 Å². The molecule has 0 aliphatic carbocycles. The largest absolute Gasteiger partial charge is 0.480 e. The van der Waals surface area contributed by atoms with E-state index in [1.165, 1.54) is 19.3 Å². The van der Waals surface area contributed by atoms with Gasteiger partial charge < -0.3 is 24.5 Å². The highest BCUT2D eigenvalue weighted by Gasteiger charge is 2.27. The molecule has 2 heterocycles. The fraction of sp³-hybridized carbons (Fsp3) is 0.250. The summed E-state index contributed by atoms with van der Waals surface area (Å²) in [6.07, 6.45) is 0.193. The summed E-state index contributed by atoms with van der Waals surface area (Å²) >= 11 is 0. The number of hydrogen-bond donors (Lipinski definition) is 3. The quantitative estimate of drug-likeness (QED) is 0.727. The van der Waals surface area contributed by atoms with Crippen molar-refractivity contribution >= 4 is 11.9 Å². The molecule has 0 aliphatic heterocycles. The van der Waals surface area contributed by atoms with Gasteiger partial charge in [-0.3, -0.25) is 4.79 Å². The highest BCUT2D eigenvalue weighted by molar-refractivity contribution is 5.95. The highest BCUT2D eigenvalue weighted by Crippen LogP contribution is 2.20. The van der Waals surface area contributed by atoms with E-state index in [0.717, 1.165) is 0 Å². The molecule has 0 bridgehead atoms. The Labute approximate surface area is 113 Å². The number of aliphatic hydroxyl groups is 1. The number of carboxylic acid groups (broad SMARTS) is 1. The molecule has 0 aliphatic rings. The van der Waals surface area contributed by atoms with Gasteiger partial charge in [-0.25, -0.2) is 4.79 Å². The van der Waals surface area contributed by atoms with Gasteiger partial charge in [0.25, 0.3) is 5.91 Å². The minimum Gasteiger partial charge on any atom is -0.480 e. The van der Waals surface area contributed by atoms with Crippen LogP contribution in [0.3, 0.4) is 0 Å². The molecule has 2 aromatic rings. The Balaban J connectivity index is 2.12. The number of nitrogens with one attached hydrogen (secondary N) is 1. The Kier molecular flexibility index (Phi) is 3.85. The second kappa shape index (κ2) is 5.57. The van der Waals surface area contributed by atoms with E-state index in [1.807, 2.05) is 0 Å². The van der Waals surface area contributed by atoms with Crippen LogP contribution in [0.5, 0.6) is 0 Å². The Bertz CT molecular complexity index is 601. The minimum absolute atomic E-state index is 0.108. The molecule has 106 valence electrons. The predicted molar refractivity (Wildman–Crippen MR) is 64.8 cm³/mol. The van der Waals surface area contributed by atoms with Gasteiger partial charge in [-0.1, -0.05) is 5.16 Å². The number of aliphatic carboxylic acids is 1. The van der Waals surface area contributed by atoms with Crippen LogP contribution in [0.15, 0.2) is 33.4 Å². The third-order valence-electron chi connectivity index (χ3n) is 2.54. The Hall–Kier alpha value is -2.61. The predicted octanol–water partition coefficient (Wildman–Crippen LogP) is 0.498. The summed E-state index contributed by atoms with van der Waals surface area (Å²) in [5, 5.41) is 23.8. The first kappa shape index (κ1) is 13.8. The van der Waals surface area contributed by atoms with E-state index in [9.17, 15) is 14.7 Å². The van der Waals surface area contributed by atoms with Crippen LogP contribution >= 0.6 is 0 Å². The van der Waals surface area contributed by atoms with Crippen LogP contribution < -0.4 is 5.32 Å². The van der Waals surface area contributed by atoms with E-state index in [-0.39, 0.29) is 11.5 Å². The molecule has 8 heteroatoms. The summed E-state index contributed by atoms with van der Waals surface area (Å²) in [6, 6.07) is 3.16. The third-order valence-corrected chi connectivity index (χ3v) is 2.54. The molecule has 0 fully saturated rings. The van der Waals surface area contributed by atoms with Crippen LogP contribution in [0, 0.1) is 0 Å². The Morgan fingerprint density at radius 3 is 2.70 bits per heavy atom. The van der Waals surface area contributed by atoms with Gasteiger partial charge in [0.1, 0.15) is 0 Å². The van der Waals surface area contributed by atoms with Crippen molar-refractivity contribution in [2.24, 2.45) is 0 Å². The number of furan rings is 1. The number of rotatable bonds is 5. The molecule has 0 spiro atoms. The van der Waals surface area contributed by atoms with Crippen LogP contribution in [0.4, 0.5) is 0 Å². The van der Waals surface area contributed by atoms with E-state index >= 15 is 0 Å². The molecule has 0 radical (unpaired) electrons. The van der Waals surface area contributed by atoms with E-state index in [2.05, 4.69) is 10.5 Å². The van der Waals surface area contributed by atoms with Gasteiger partial charge >= 0.3 is 5.97 Å². The van der Waals surface area contributed by atoms with Gasteiger partial charge in [0.15, 0.2) is 17.5 Å². The number of aliphatic hydroxyl groups excluding tert-OH is 1. The van der Waals surface area contributed by atoms with Crippen molar-refractivity contribution in [3.63, 3.8) is 0 Å². The zero-order valence-corrected chi connectivity index (χ0v) is 10.4. The smallest absolute Gasteiger partial charge is 0.328 e. The molecule has 20 heavy (non-hydrogen) atoms. The number of amides is 1. The monoisotopic (exact) mass is 280 g/mol. The van der Waals surface area contributed by atoms with Gasteiger partial charge in [0.2, 0.25) is 5.76 Å². The van der Waals surface area contributed by atoms with Crippen molar-refractivity contribution in [2.75, 3.05) is 0 Å². The summed E-state index contributed by atoms with van der Waals surface area (Å²) in [5.74, 6) is -1.48. The lowest BCUT2D eigenvalue weighted by molar-refractivity contribution is -0.141. The van der Waals surface area contributed by atoms with Gasteiger partial charge in [0.05, 0.1) is 12.4 Å². The number of nitrogens with zero attached hydrogens (tertiary/aromatic N) is 1. The average Bonchev–Trinajstić information content (AvgIpc) is 3.04. The molecule has 1 amide bonds. The zero-order chi connectivity index (χ0) is 14.7. The van der Waals surface area contributed by atoms with Crippen LogP contribution in [0.2, 0.25) is 0 Å². The second-order valence-electron chi connectivity index (χ2n) is 4.08. The summed E-state index contributed by atoms with van der Waals surface area (Å²) in [7, 11) is 0. The van der Waals surface area contributed by atoms with Crippen molar-refractivity contribution in [2.45, 2.75) is 19.1 Å². The molecule has 2 rings (SSSR count). The molecule has 2 atom stereocenters. The molecular formula is C12H12N2O6. The lowest BCUT2D eigenvalue weighted by atomic mass is 10.2. The third kappa shape index (κ3) is 2.86. The summed E-state index contributed by atoms with van der Waals surface area (Å²) in [4.78, 5) is 22.7. The topological polar surface area (TPSA) is 126 Å². The van der Waals surface area contributed by atoms with Crippen LogP contribution in [-0.2, 0) is 4.79 Å². The van der Waals surface area contributed by atoms with Crippen molar-refractivity contribution in [3.05, 3.63) is 30.2 Å².